The van der Waals surface area contributed by atoms with Crippen LogP contribution in [0.5, 0.6) is 0 Å². The van der Waals surface area contributed by atoms with E-state index in [0.717, 1.165) is 10.5 Å². The van der Waals surface area contributed by atoms with Crippen LogP contribution in [0.4, 0.5) is 0 Å². The number of β-lactam (4-membered cyclic amide) rings is 1. The third-order valence-corrected chi connectivity index (χ3v) is 6.50. The maximum absolute atomic E-state index is 13.6. The van der Waals surface area contributed by atoms with Crippen molar-refractivity contribution in [3.05, 3.63) is 71.3 Å². The van der Waals surface area contributed by atoms with Gasteiger partial charge in [-0.3, -0.25) is 29.4 Å². The first-order valence-corrected chi connectivity index (χ1v) is 12.1. The highest BCUT2D eigenvalue weighted by Crippen LogP contribution is 2.40. The van der Waals surface area contributed by atoms with Crippen LogP contribution in [-0.2, 0) is 25.7 Å². The molecule has 4 rings (SSSR count). The van der Waals surface area contributed by atoms with E-state index in [4.69, 9.17) is 4.74 Å². The molecular weight excluding hydrogens is 476 g/mol. The lowest BCUT2D eigenvalue weighted by Crippen LogP contribution is -2.78. The zero-order chi connectivity index (χ0) is 26.9. The van der Waals surface area contributed by atoms with Gasteiger partial charge in [0.15, 0.2) is 6.23 Å². The molecular formula is C27H32N4O6. The molecule has 0 aliphatic carbocycles. The number of esters is 1. The van der Waals surface area contributed by atoms with Crippen LogP contribution in [0.2, 0.25) is 0 Å². The van der Waals surface area contributed by atoms with Crippen molar-refractivity contribution >= 4 is 23.7 Å². The summed E-state index contributed by atoms with van der Waals surface area (Å²) in [7, 11) is 1.24. The fourth-order valence-electron chi connectivity index (χ4n) is 4.84. The summed E-state index contributed by atoms with van der Waals surface area (Å²) in [6, 6.07) is 12.8. The molecule has 2 heterocycles. The van der Waals surface area contributed by atoms with Gasteiger partial charge in [-0.1, -0.05) is 48.5 Å². The second-order valence-corrected chi connectivity index (χ2v) is 10.2. The van der Waals surface area contributed by atoms with Gasteiger partial charge in [0.05, 0.1) is 19.7 Å². The summed E-state index contributed by atoms with van der Waals surface area (Å²) in [6.07, 6.45) is -1.34. The van der Waals surface area contributed by atoms with E-state index in [1.165, 1.54) is 12.0 Å². The number of ether oxygens (including phenoxy) is 1. The Balaban J connectivity index is 1.72. The SMILES string of the molecule is COC(=O)CN[C@H](C(=O)NC(C)(C)C)[C@H]1[C@@H](N2C(=O)c3ccccc3C2O)C(=O)N1Cc1ccccc1. The monoisotopic (exact) mass is 508 g/mol. The Morgan fingerprint density at radius 3 is 2.32 bits per heavy atom. The van der Waals surface area contributed by atoms with E-state index in [1.807, 2.05) is 51.1 Å². The number of benzene rings is 2. The number of likely N-dealkylation sites (tertiary alicyclic amines) is 1. The van der Waals surface area contributed by atoms with Gasteiger partial charge in [-0.05, 0) is 32.4 Å². The normalized spacial score (nSPS) is 21.8. The molecule has 10 heteroatoms. The van der Waals surface area contributed by atoms with Gasteiger partial charge in [0.2, 0.25) is 11.8 Å². The molecule has 2 aliphatic rings. The first-order valence-electron chi connectivity index (χ1n) is 12.1. The van der Waals surface area contributed by atoms with E-state index >= 15 is 0 Å². The van der Waals surface area contributed by atoms with Crippen LogP contribution in [0.25, 0.3) is 0 Å². The van der Waals surface area contributed by atoms with Crippen molar-refractivity contribution in [1.82, 2.24) is 20.4 Å². The number of fused-ring (bicyclic) bond motifs is 1. The van der Waals surface area contributed by atoms with Crippen LogP contribution in [0.1, 0.15) is 48.5 Å². The Morgan fingerprint density at radius 2 is 1.70 bits per heavy atom. The number of hydrogen-bond donors (Lipinski definition) is 3. The van der Waals surface area contributed by atoms with Crippen LogP contribution in [0.15, 0.2) is 54.6 Å². The van der Waals surface area contributed by atoms with Crippen molar-refractivity contribution in [2.45, 2.75) is 57.2 Å². The Hall–Kier alpha value is -3.76. The average molecular weight is 509 g/mol. The third-order valence-electron chi connectivity index (χ3n) is 6.50. The summed E-state index contributed by atoms with van der Waals surface area (Å²) in [5.74, 6) is -1.93. The van der Waals surface area contributed by atoms with E-state index in [1.54, 1.807) is 24.3 Å². The number of amides is 3. The van der Waals surface area contributed by atoms with Gasteiger partial charge in [0.1, 0.15) is 12.1 Å². The first-order chi connectivity index (χ1) is 17.5. The van der Waals surface area contributed by atoms with E-state index in [0.29, 0.717) is 11.1 Å². The molecule has 0 aromatic heterocycles. The molecule has 1 unspecified atom stereocenters. The van der Waals surface area contributed by atoms with Gasteiger partial charge < -0.3 is 20.1 Å². The number of rotatable bonds is 8. The molecule has 1 saturated heterocycles. The quantitative estimate of drug-likeness (QED) is 0.358. The largest absolute Gasteiger partial charge is 0.468 e. The molecule has 10 nitrogen and oxygen atoms in total. The van der Waals surface area contributed by atoms with Gasteiger partial charge in [0, 0.05) is 23.2 Å². The van der Waals surface area contributed by atoms with E-state index < -0.39 is 53.6 Å². The molecule has 1 fully saturated rings. The van der Waals surface area contributed by atoms with Crippen LogP contribution >= 0.6 is 0 Å². The van der Waals surface area contributed by atoms with Crippen molar-refractivity contribution < 1.29 is 29.0 Å². The van der Waals surface area contributed by atoms with E-state index in [-0.39, 0.29) is 13.1 Å². The van der Waals surface area contributed by atoms with Gasteiger partial charge >= 0.3 is 5.97 Å². The highest BCUT2D eigenvalue weighted by Gasteiger charge is 2.59. The smallest absolute Gasteiger partial charge is 0.319 e. The van der Waals surface area contributed by atoms with Crippen molar-refractivity contribution in [1.29, 1.82) is 0 Å². The van der Waals surface area contributed by atoms with Crippen LogP contribution < -0.4 is 10.6 Å². The minimum absolute atomic E-state index is 0.186. The lowest BCUT2D eigenvalue weighted by Gasteiger charge is -2.53. The van der Waals surface area contributed by atoms with Gasteiger partial charge in [-0.15, -0.1) is 0 Å². The summed E-state index contributed by atoms with van der Waals surface area (Å²) in [6.45, 7) is 5.35. The lowest BCUT2D eigenvalue weighted by atomic mass is 9.85. The molecule has 0 spiro atoms. The Bertz CT molecular complexity index is 1190. The summed E-state index contributed by atoms with van der Waals surface area (Å²) < 4.78 is 4.74. The van der Waals surface area contributed by atoms with Gasteiger partial charge in [-0.25, -0.2) is 0 Å². The molecule has 3 amide bonds. The number of carbonyl (C=O) groups is 4. The number of nitrogens with one attached hydrogen (secondary N) is 2. The molecule has 0 bridgehead atoms. The van der Waals surface area contributed by atoms with Crippen molar-refractivity contribution in [3.63, 3.8) is 0 Å². The number of aliphatic hydroxyl groups is 1. The number of carbonyl (C=O) groups excluding carboxylic acids is 4. The molecule has 37 heavy (non-hydrogen) atoms. The molecule has 0 radical (unpaired) electrons. The molecule has 2 aromatic rings. The average Bonchev–Trinajstić information content (AvgIpc) is 3.11. The highest BCUT2D eigenvalue weighted by molar-refractivity contribution is 6.04. The predicted molar refractivity (Wildman–Crippen MR) is 134 cm³/mol. The Kier molecular flexibility index (Phi) is 7.33. The molecule has 0 saturated carbocycles. The summed E-state index contributed by atoms with van der Waals surface area (Å²) in [4.78, 5) is 55.0. The van der Waals surface area contributed by atoms with E-state index in [9.17, 15) is 24.3 Å². The molecule has 4 atom stereocenters. The van der Waals surface area contributed by atoms with Gasteiger partial charge in [-0.2, -0.15) is 0 Å². The molecule has 3 N–H and O–H groups in total. The number of hydrogen-bond acceptors (Lipinski definition) is 7. The third kappa shape index (κ3) is 5.21. The fourth-order valence-corrected chi connectivity index (χ4v) is 4.84. The minimum Gasteiger partial charge on any atom is -0.468 e. The fraction of sp³-hybridized carbons (Fsp3) is 0.407. The van der Waals surface area contributed by atoms with Gasteiger partial charge in [0.25, 0.3) is 5.91 Å². The minimum atomic E-state index is -1.34. The Labute approximate surface area is 215 Å². The highest BCUT2D eigenvalue weighted by atomic mass is 16.5. The maximum Gasteiger partial charge on any atom is 0.319 e. The molecule has 196 valence electrons. The summed E-state index contributed by atoms with van der Waals surface area (Å²) in [5.41, 5.74) is 0.938. The van der Waals surface area contributed by atoms with E-state index in [2.05, 4.69) is 10.6 Å². The standard InChI is InChI=1S/C27H32N4O6/c1-27(2,3)29-23(33)20(28-14-19(32)37-4)21-22(26(36)30(21)15-16-10-6-5-7-11-16)31-24(34)17-12-8-9-13-18(17)25(31)35/h5-13,20-22,24,28,34H,14-15H2,1-4H3,(H,29,33)/t20-,21-,22+,24?/m0/s1. The molecule has 2 aromatic carbocycles. The second-order valence-electron chi connectivity index (χ2n) is 10.2. The van der Waals surface area contributed by atoms with Crippen molar-refractivity contribution in [2.75, 3.05) is 13.7 Å². The number of nitrogens with zero attached hydrogens (tertiary/aromatic N) is 2. The van der Waals surface area contributed by atoms with Crippen molar-refractivity contribution in [2.24, 2.45) is 0 Å². The topological polar surface area (TPSA) is 128 Å². The zero-order valence-corrected chi connectivity index (χ0v) is 21.3. The van der Waals surface area contributed by atoms with Crippen LogP contribution in [0.3, 0.4) is 0 Å². The van der Waals surface area contributed by atoms with Crippen molar-refractivity contribution in [3.8, 4) is 0 Å². The number of methoxy groups -OCH3 is 1. The predicted octanol–water partition coefficient (Wildman–Crippen LogP) is 0.959. The molecule has 2 aliphatic heterocycles. The van der Waals surface area contributed by atoms with Crippen LogP contribution in [0, 0.1) is 0 Å². The lowest BCUT2D eigenvalue weighted by molar-refractivity contribution is -0.169. The maximum atomic E-state index is 13.6. The number of aliphatic hydroxyl groups excluding tert-OH is 1. The van der Waals surface area contributed by atoms with Crippen LogP contribution in [-0.4, -0.2) is 75.9 Å². The first kappa shape index (κ1) is 26.3. The summed E-state index contributed by atoms with van der Waals surface area (Å²) in [5, 5.41) is 16.9. The summed E-state index contributed by atoms with van der Waals surface area (Å²) >= 11 is 0. The zero-order valence-electron chi connectivity index (χ0n) is 21.3. The Morgan fingerprint density at radius 1 is 1.05 bits per heavy atom. The second kappa shape index (κ2) is 10.3.